The van der Waals surface area contributed by atoms with Gasteiger partial charge >= 0.3 is 0 Å². The van der Waals surface area contributed by atoms with Crippen molar-refractivity contribution in [1.82, 2.24) is 14.6 Å². The van der Waals surface area contributed by atoms with Crippen LogP contribution in [-0.4, -0.2) is 40.7 Å². The number of halogens is 2. The summed E-state index contributed by atoms with van der Waals surface area (Å²) in [5.74, 6) is -2.09. The van der Waals surface area contributed by atoms with Crippen molar-refractivity contribution in [2.24, 2.45) is 0 Å². The van der Waals surface area contributed by atoms with Gasteiger partial charge < -0.3 is 14.6 Å². The first-order chi connectivity index (χ1) is 15.4. The highest BCUT2D eigenvalue weighted by Gasteiger charge is 2.40. The molecule has 0 atom stereocenters. The standard InChI is InChI=1S/C24H22F2N4O2/c1-15-19(16-8-10-18(32-2)11-9-16)23(31)30-22(27-15)21(29-13-12-24(25,26)14-29)20(28-30)17-6-4-3-5-7-17/h3-11,27H,12-14H2,1-2H3. The second-order valence-corrected chi connectivity index (χ2v) is 8.01. The number of ether oxygens (including phenoxy) is 1. The maximum Gasteiger partial charge on any atom is 0.282 e. The van der Waals surface area contributed by atoms with E-state index >= 15 is 0 Å². The lowest BCUT2D eigenvalue weighted by Crippen LogP contribution is -2.26. The van der Waals surface area contributed by atoms with Crippen molar-refractivity contribution in [2.45, 2.75) is 19.3 Å². The Bertz CT molecular complexity index is 1340. The Kier molecular flexibility index (Phi) is 4.73. The van der Waals surface area contributed by atoms with Gasteiger partial charge in [-0.1, -0.05) is 42.5 Å². The molecule has 0 amide bonds. The van der Waals surface area contributed by atoms with Gasteiger partial charge in [0.05, 0.1) is 19.2 Å². The molecule has 2 aromatic carbocycles. The fourth-order valence-corrected chi connectivity index (χ4v) is 4.29. The van der Waals surface area contributed by atoms with Crippen LogP contribution in [0.5, 0.6) is 5.75 Å². The van der Waals surface area contributed by atoms with Gasteiger partial charge in [0.1, 0.15) is 17.1 Å². The number of benzene rings is 2. The largest absolute Gasteiger partial charge is 0.497 e. The molecule has 1 fully saturated rings. The van der Waals surface area contributed by atoms with Crippen molar-refractivity contribution in [1.29, 1.82) is 0 Å². The number of aromatic amines is 1. The molecule has 0 unspecified atom stereocenters. The predicted molar refractivity (Wildman–Crippen MR) is 120 cm³/mol. The lowest BCUT2D eigenvalue weighted by atomic mass is 10.1. The maximum atomic E-state index is 14.1. The van der Waals surface area contributed by atoms with Gasteiger partial charge in [-0.15, -0.1) is 0 Å². The number of H-pyrrole nitrogens is 1. The number of aromatic nitrogens is 3. The molecule has 0 saturated carbocycles. The molecule has 8 heteroatoms. The van der Waals surface area contributed by atoms with E-state index in [0.29, 0.717) is 34.0 Å². The summed E-state index contributed by atoms with van der Waals surface area (Å²) in [4.78, 5) is 18.4. The highest BCUT2D eigenvalue weighted by Crippen LogP contribution is 2.39. The minimum Gasteiger partial charge on any atom is -0.497 e. The molecule has 6 nitrogen and oxygen atoms in total. The van der Waals surface area contributed by atoms with E-state index in [1.165, 1.54) is 4.52 Å². The summed E-state index contributed by atoms with van der Waals surface area (Å²) in [6, 6.07) is 16.5. The Balaban J connectivity index is 1.75. The highest BCUT2D eigenvalue weighted by molar-refractivity contribution is 5.87. The molecular formula is C24H22F2N4O2. The summed E-state index contributed by atoms with van der Waals surface area (Å²) in [5.41, 5.74) is 3.73. The van der Waals surface area contributed by atoms with Gasteiger partial charge in [0.2, 0.25) is 0 Å². The van der Waals surface area contributed by atoms with Gasteiger partial charge in [0.25, 0.3) is 11.5 Å². The van der Waals surface area contributed by atoms with E-state index in [2.05, 4.69) is 10.1 Å². The molecule has 4 aromatic rings. The Labute approximate surface area is 183 Å². The predicted octanol–water partition coefficient (Wildman–Crippen LogP) is 4.52. The number of aryl methyl sites for hydroxylation is 1. The Morgan fingerprint density at radius 3 is 2.41 bits per heavy atom. The zero-order valence-corrected chi connectivity index (χ0v) is 17.7. The molecule has 1 N–H and O–H groups in total. The zero-order chi connectivity index (χ0) is 22.5. The first-order valence-electron chi connectivity index (χ1n) is 10.4. The number of rotatable bonds is 4. The van der Waals surface area contributed by atoms with Gasteiger partial charge in [-0.05, 0) is 24.6 Å². The Morgan fingerprint density at radius 1 is 1.06 bits per heavy atom. The highest BCUT2D eigenvalue weighted by atomic mass is 19.3. The molecule has 0 aliphatic carbocycles. The van der Waals surface area contributed by atoms with Crippen molar-refractivity contribution in [2.75, 3.05) is 25.1 Å². The van der Waals surface area contributed by atoms with Crippen molar-refractivity contribution in [3.8, 4) is 28.1 Å². The van der Waals surface area contributed by atoms with Gasteiger partial charge in [0.15, 0.2) is 5.65 Å². The smallest absolute Gasteiger partial charge is 0.282 e. The van der Waals surface area contributed by atoms with Crippen molar-refractivity contribution < 1.29 is 13.5 Å². The zero-order valence-electron chi connectivity index (χ0n) is 17.7. The molecule has 3 heterocycles. The van der Waals surface area contributed by atoms with E-state index in [9.17, 15) is 13.6 Å². The fourth-order valence-electron chi connectivity index (χ4n) is 4.29. The van der Waals surface area contributed by atoms with Crippen LogP contribution in [0.15, 0.2) is 59.4 Å². The van der Waals surface area contributed by atoms with Crippen LogP contribution in [0.3, 0.4) is 0 Å². The molecule has 0 radical (unpaired) electrons. The molecule has 1 aliphatic rings. The van der Waals surface area contributed by atoms with Gasteiger partial charge in [0, 0.05) is 24.2 Å². The number of hydrogen-bond donors (Lipinski definition) is 1. The maximum absolute atomic E-state index is 14.1. The van der Waals surface area contributed by atoms with Crippen molar-refractivity contribution >= 4 is 11.3 Å². The summed E-state index contributed by atoms with van der Waals surface area (Å²) in [6.07, 6.45) is -0.230. The quantitative estimate of drug-likeness (QED) is 0.511. The Morgan fingerprint density at radius 2 is 1.78 bits per heavy atom. The summed E-state index contributed by atoms with van der Waals surface area (Å²) >= 11 is 0. The van der Waals surface area contributed by atoms with Gasteiger partial charge in [-0.3, -0.25) is 4.79 Å². The number of alkyl halides is 2. The normalized spacial score (nSPS) is 15.4. The number of fused-ring (bicyclic) bond motifs is 1. The average molecular weight is 436 g/mol. The average Bonchev–Trinajstić information content (AvgIpc) is 3.34. The summed E-state index contributed by atoms with van der Waals surface area (Å²) in [7, 11) is 1.58. The van der Waals surface area contributed by atoms with Gasteiger partial charge in [-0.25, -0.2) is 8.78 Å². The van der Waals surface area contributed by atoms with Crippen LogP contribution in [0.2, 0.25) is 0 Å². The third-order valence-electron chi connectivity index (χ3n) is 5.86. The Hall–Kier alpha value is -3.68. The number of hydrogen-bond acceptors (Lipinski definition) is 4. The summed E-state index contributed by atoms with van der Waals surface area (Å²) in [6.45, 7) is 1.59. The minimum atomic E-state index is -2.78. The molecule has 1 aliphatic heterocycles. The number of nitrogens with zero attached hydrogens (tertiary/aromatic N) is 3. The molecule has 1 saturated heterocycles. The number of nitrogens with one attached hydrogen (secondary N) is 1. The van der Waals surface area contributed by atoms with Gasteiger partial charge in [-0.2, -0.15) is 9.61 Å². The molecule has 0 bridgehead atoms. The van der Waals surface area contributed by atoms with Crippen LogP contribution in [-0.2, 0) is 0 Å². The lowest BCUT2D eigenvalue weighted by molar-refractivity contribution is 0.0257. The monoisotopic (exact) mass is 436 g/mol. The minimum absolute atomic E-state index is 0.190. The molecule has 164 valence electrons. The third kappa shape index (κ3) is 3.32. The third-order valence-corrected chi connectivity index (χ3v) is 5.86. The first kappa shape index (κ1) is 20.2. The van der Waals surface area contributed by atoms with Crippen molar-refractivity contribution in [3.05, 3.63) is 70.6 Å². The summed E-state index contributed by atoms with van der Waals surface area (Å²) < 4.78 is 34.7. The molecule has 0 spiro atoms. The second kappa shape index (κ2) is 7.47. The molecule has 32 heavy (non-hydrogen) atoms. The summed E-state index contributed by atoms with van der Waals surface area (Å²) in [5, 5.41) is 4.60. The lowest BCUT2D eigenvalue weighted by Gasteiger charge is -2.19. The molecule has 2 aromatic heterocycles. The fraction of sp³-hybridized carbons (Fsp3) is 0.250. The van der Waals surface area contributed by atoms with E-state index in [1.807, 2.05) is 42.5 Å². The number of anilines is 1. The van der Waals surface area contributed by atoms with Crippen LogP contribution < -0.4 is 15.2 Å². The van der Waals surface area contributed by atoms with E-state index in [4.69, 9.17) is 4.74 Å². The van der Waals surface area contributed by atoms with E-state index in [-0.39, 0.29) is 18.5 Å². The number of methoxy groups -OCH3 is 1. The SMILES string of the molecule is COc1ccc(-c2c(C)[nH]c3c(N4CCC(F)(F)C4)c(-c4ccccc4)nn3c2=O)cc1. The molecule has 5 rings (SSSR count). The second-order valence-electron chi connectivity index (χ2n) is 8.01. The van der Waals surface area contributed by atoms with Crippen LogP contribution in [0.1, 0.15) is 12.1 Å². The van der Waals surface area contributed by atoms with Crippen molar-refractivity contribution in [3.63, 3.8) is 0 Å². The van der Waals surface area contributed by atoms with E-state index in [0.717, 1.165) is 11.1 Å². The molecular weight excluding hydrogens is 414 g/mol. The van der Waals surface area contributed by atoms with Crippen LogP contribution in [0.4, 0.5) is 14.5 Å². The first-order valence-corrected chi connectivity index (χ1v) is 10.4. The van der Waals surface area contributed by atoms with Crippen LogP contribution in [0.25, 0.3) is 28.0 Å². The van der Waals surface area contributed by atoms with Crippen LogP contribution in [0, 0.1) is 6.92 Å². The van der Waals surface area contributed by atoms with Crippen LogP contribution >= 0.6 is 0 Å². The van der Waals surface area contributed by atoms with E-state index < -0.39 is 12.5 Å². The topological polar surface area (TPSA) is 62.6 Å². The van der Waals surface area contributed by atoms with E-state index in [1.54, 1.807) is 31.1 Å².